The Balaban J connectivity index is 1.70. The van der Waals surface area contributed by atoms with Crippen molar-refractivity contribution in [3.05, 3.63) is 53.9 Å². The minimum absolute atomic E-state index is 0.278. The molecule has 1 unspecified atom stereocenters. The highest BCUT2D eigenvalue weighted by molar-refractivity contribution is 5.77. The summed E-state index contributed by atoms with van der Waals surface area (Å²) in [7, 11) is 0. The van der Waals surface area contributed by atoms with Crippen molar-refractivity contribution in [3.8, 4) is 5.75 Å². The van der Waals surface area contributed by atoms with Gasteiger partial charge in [0.2, 0.25) is 0 Å². The van der Waals surface area contributed by atoms with Crippen LogP contribution < -0.4 is 5.32 Å². The zero-order valence-electron chi connectivity index (χ0n) is 12.1. The SMILES string of the molecule is Cc1nc2cc(NC(C)Cc3ccc(O)cc3)ccc2o1. The van der Waals surface area contributed by atoms with Crippen LogP contribution in [0.5, 0.6) is 5.75 Å². The van der Waals surface area contributed by atoms with Crippen LogP contribution in [0.1, 0.15) is 18.4 Å². The minimum atomic E-state index is 0.278. The number of phenols is 1. The van der Waals surface area contributed by atoms with Crippen LogP contribution >= 0.6 is 0 Å². The summed E-state index contributed by atoms with van der Waals surface area (Å²) in [5, 5.41) is 12.8. The van der Waals surface area contributed by atoms with Gasteiger partial charge in [0.25, 0.3) is 0 Å². The average Bonchev–Trinajstić information content (AvgIpc) is 2.80. The van der Waals surface area contributed by atoms with Crippen LogP contribution in [0, 0.1) is 6.92 Å². The first-order chi connectivity index (χ1) is 10.1. The topological polar surface area (TPSA) is 58.3 Å². The van der Waals surface area contributed by atoms with Gasteiger partial charge < -0.3 is 14.8 Å². The molecule has 1 aromatic heterocycles. The lowest BCUT2D eigenvalue weighted by Crippen LogP contribution is -2.17. The van der Waals surface area contributed by atoms with E-state index in [9.17, 15) is 5.11 Å². The van der Waals surface area contributed by atoms with Gasteiger partial charge in [0.15, 0.2) is 11.5 Å². The number of phenolic OH excluding ortho intramolecular Hbond substituents is 1. The van der Waals surface area contributed by atoms with Crippen molar-refractivity contribution < 1.29 is 9.52 Å². The Bertz CT molecular complexity index is 747. The largest absolute Gasteiger partial charge is 0.508 e. The smallest absolute Gasteiger partial charge is 0.192 e. The van der Waals surface area contributed by atoms with Crippen molar-refractivity contribution in [3.63, 3.8) is 0 Å². The predicted molar refractivity (Wildman–Crippen MR) is 83.6 cm³/mol. The van der Waals surface area contributed by atoms with E-state index in [1.54, 1.807) is 12.1 Å². The summed E-state index contributed by atoms with van der Waals surface area (Å²) in [5.74, 6) is 0.977. The maximum atomic E-state index is 9.30. The molecule has 2 N–H and O–H groups in total. The molecule has 0 saturated heterocycles. The number of anilines is 1. The van der Waals surface area contributed by atoms with Gasteiger partial charge in [-0.25, -0.2) is 4.98 Å². The summed E-state index contributed by atoms with van der Waals surface area (Å²) in [6, 6.07) is 13.5. The number of nitrogens with zero attached hydrogens (tertiary/aromatic N) is 1. The Labute approximate surface area is 123 Å². The lowest BCUT2D eigenvalue weighted by Gasteiger charge is -2.15. The molecule has 4 nitrogen and oxygen atoms in total. The molecule has 0 aliphatic carbocycles. The van der Waals surface area contributed by atoms with Crippen molar-refractivity contribution in [2.75, 3.05) is 5.32 Å². The number of rotatable bonds is 4. The van der Waals surface area contributed by atoms with E-state index >= 15 is 0 Å². The normalized spacial score (nSPS) is 12.5. The van der Waals surface area contributed by atoms with Crippen LogP contribution in [0.2, 0.25) is 0 Å². The van der Waals surface area contributed by atoms with Crippen molar-refractivity contribution >= 4 is 16.8 Å². The van der Waals surface area contributed by atoms with E-state index in [4.69, 9.17) is 4.42 Å². The molecule has 2 aromatic carbocycles. The molecule has 0 saturated carbocycles. The number of nitrogens with one attached hydrogen (secondary N) is 1. The Hall–Kier alpha value is -2.49. The molecule has 0 spiro atoms. The number of benzene rings is 2. The molecule has 0 radical (unpaired) electrons. The van der Waals surface area contributed by atoms with Gasteiger partial charge >= 0.3 is 0 Å². The summed E-state index contributed by atoms with van der Waals surface area (Å²) < 4.78 is 5.47. The first-order valence-corrected chi connectivity index (χ1v) is 7.02. The molecule has 21 heavy (non-hydrogen) atoms. The second-order valence-corrected chi connectivity index (χ2v) is 5.33. The second kappa shape index (κ2) is 5.48. The summed E-state index contributed by atoms with van der Waals surface area (Å²) in [4.78, 5) is 4.34. The molecule has 0 bridgehead atoms. The number of hydrogen-bond acceptors (Lipinski definition) is 4. The molecule has 3 rings (SSSR count). The van der Waals surface area contributed by atoms with Gasteiger partial charge in [0.1, 0.15) is 11.3 Å². The van der Waals surface area contributed by atoms with Crippen molar-refractivity contribution in [2.45, 2.75) is 26.3 Å². The molecular formula is C17H18N2O2. The van der Waals surface area contributed by atoms with Crippen molar-refractivity contribution in [1.29, 1.82) is 0 Å². The van der Waals surface area contributed by atoms with Gasteiger partial charge in [-0.1, -0.05) is 12.1 Å². The zero-order valence-corrected chi connectivity index (χ0v) is 12.1. The first kappa shape index (κ1) is 13.5. The number of oxazole rings is 1. The number of aryl methyl sites for hydroxylation is 1. The third-order valence-corrected chi connectivity index (χ3v) is 3.39. The Morgan fingerprint density at radius 2 is 1.95 bits per heavy atom. The number of aromatic hydroxyl groups is 1. The van der Waals surface area contributed by atoms with E-state index in [0.717, 1.165) is 23.2 Å². The van der Waals surface area contributed by atoms with Gasteiger partial charge in [-0.05, 0) is 49.2 Å². The average molecular weight is 282 g/mol. The fourth-order valence-electron chi connectivity index (χ4n) is 2.45. The second-order valence-electron chi connectivity index (χ2n) is 5.33. The maximum Gasteiger partial charge on any atom is 0.192 e. The lowest BCUT2D eigenvalue weighted by molar-refractivity contribution is 0.475. The predicted octanol–water partition coefficient (Wildman–Crippen LogP) is 3.88. The third-order valence-electron chi connectivity index (χ3n) is 3.39. The summed E-state index contributed by atoms with van der Waals surface area (Å²) in [6.45, 7) is 3.98. The summed E-state index contributed by atoms with van der Waals surface area (Å²) in [6.07, 6.45) is 0.885. The quantitative estimate of drug-likeness (QED) is 0.762. The van der Waals surface area contributed by atoms with Crippen LogP contribution in [-0.2, 0) is 6.42 Å². The Morgan fingerprint density at radius 1 is 1.19 bits per heavy atom. The maximum absolute atomic E-state index is 9.30. The van der Waals surface area contributed by atoms with Crippen LogP contribution in [0.25, 0.3) is 11.1 Å². The highest BCUT2D eigenvalue weighted by atomic mass is 16.3. The van der Waals surface area contributed by atoms with E-state index in [-0.39, 0.29) is 6.04 Å². The minimum Gasteiger partial charge on any atom is -0.508 e. The molecule has 1 atom stereocenters. The van der Waals surface area contributed by atoms with Crippen LogP contribution in [0.15, 0.2) is 46.9 Å². The molecule has 3 aromatic rings. The van der Waals surface area contributed by atoms with Crippen LogP contribution in [0.4, 0.5) is 5.69 Å². The molecular weight excluding hydrogens is 264 g/mol. The van der Waals surface area contributed by atoms with Crippen LogP contribution in [-0.4, -0.2) is 16.1 Å². The Kier molecular flexibility index (Phi) is 3.52. The van der Waals surface area contributed by atoms with Gasteiger partial charge in [-0.3, -0.25) is 0 Å². The van der Waals surface area contributed by atoms with E-state index in [2.05, 4.69) is 17.2 Å². The van der Waals surface area contributed by atoms with E-state index in [0.29, 0.717) is 11.6 Å². The third kappa shape index (κ3) is 3.16. The number of hydrogen-bond donors (Lipinski definition) is 2. The molecule has 0 amide bonds. The highest BCUT2D eigenvalue weighted by Crippen LogP contribution is 2.21. The number of fused-ring (bicyclic) bond motifs is 1. The zero-order chi connectivity index (χ0) is 14.8. The molecule has 0 aliphatic heterocycles. The van der Waals surface area contributed by atoms with E-state index in [1.165, 1.54) is 5.56 Å². The van der Waals surface area contributed by atoms with Gasteiger partial charge in [-0.15, -0.1) is 0 Å². The van der Waals surface area contributed by atoms with Crippen LogP contribution in [0.3, 0.4) is 0 Å². The fraction of sp³-hybridized carbons (Fsp3) is 0.235. The number of aromatic nitrogens is 1. The fourth-order valence-corrected chi connectivity index (χ4v) is 2.45. The lowest BCUT2D eigenvalue weighted by atomic mass is 10.1. The van der Waals surface area contributed by atoms with E-state index < -0.39 is 0 Å². The summed E-state index contributed by atoms with van der Waals surface area (Å²) in [5.41, 5.74) is 3.90. The molecule has 1 heterocycles. The van der Waals surface area contributed by atoms with Gasteiger partial charge in [-0.2, -0.15) is 0 Å². The van der Waals surface area contributed by atoms with Crippen molar-refractivity contribution in [1.82, 2.24) is 4.98 Å². The van der Waals surface area contributed by atoms with Crippen molar-refractivity contribution in [2.24, 2.45) is 0 Å². The standard InChI is InChI=1S/C17H18N2O2/c1-11(9-13-3-6-15(20)7-4-13)18-14-5-8-17-16(10-14)19-12(2)21-17/h3-8,10-11,18,20H,9H2,1-2H3. The highest BCUT2D eigenvalue weighted by Gasteiger charge is 2.07. The monoisotopic (exact) mass is 282 g/mol. The first-order valence-electron chi connectivity index (χ1n) is 7.02. The molecule has 0 aliphatic rings. The van der Waals surface area contributed by atoms with Gasteiger partial charge in [0, 0.05) is 18.7 Å². The molecule has 0 fully saturated rings. The summed E-state index contributed by atoms with van der Waals surface area (Å²) >= 11 is 0. The van der Waals surface area contributed by atoms with Gasteiger partial charge in [0.05, 0.1) is 0 Å². The Morgan fingerprint density at radius 3 is 2.71 bits per heavy atom. The molecule has 108 valence electrons. The molecule has 4 heteroatoms. The van der Waals surface area contributed by atoms with E-state index in [1.807, 2.05) is 37.3 Å².